The second kappa shape index (κ2) is 9.19. The molecule has 2 rings (SSSR count). The van der Waals surface area contributed by atoms with Gasteiger partial charge in [0.05, 0.1) is 23.9 Å². The predicted octanol–water partition coefficient (Wildman–Crippen LogP) is 5.42. The number of nitrogens with zero attached hydrogens (tertiary/aromatic N) is 1. The molecule has 0 unspecified atom stereocenters. The highest BCUT2D eigenvalue weighted by atomic mass is 16.5. The first-order chi connectivity index (χ1) is 11.6. The van der Waals surface area contributed by atoms with Crippen LogP contribution in [-0.4, -0.2) is 48.4 Å². The van der Waals surface area contributed by atoms with Crippen molar-refractivity contribution in [3.05, 3.63) is 0 Å². The highest BCUT2D eigenvalue weighted by molar-refractivity contribution is 4.85. The maximum absolute atomic E-state index is 6.29. The van der Waals surface area contributed by atoms with Crippen LogP contribution < -0.4 is 0 Å². The number of unbranched alkanes of at least 4 members (excludes halogenated alkanes) is 2. The van der Waals surface area contributed by atoms with Crippen LogP contribution in [0.15, 0.2) is 0 Å². The van der Waals surface area contributed by atoms with Gasteiger partial charge in [-0.25, -0.2) is 0 Å². The molecule has 148 valence electrons. The molecule has 1 aliphatic carbocycles. The highest BCUT2D eigenvalue weighted by Crippen LogP contribution is 2.32. The van der Waals surface area contributed by atoms with Crippen LogP contribution in [0.3, 0.4) is 0 Å². The van der Waals surface area contributed by atoms with E-state index < -0.39 is 0 Å². The standard InChI is InChI=1S/C22H43NO2/c1-21(2,3)12-8-7-9-13-23-14-10-18(11-15-23)24-19-16-20(17-19)25-22(4,5)6/h18-20H,7-17H2,1-6H3. The first-order valence-electron chi connectivity index (χ1n) is 10.7. The van der Waals surface area contributed by atoms with E-state index in [4.69, 9.17) is 9.47 Å². The van der Waals surface area contributed by atoms with E-state index in [2.05, 4.69) is 46.4 Å². The van der Waals surface area contributed by atoms with E-state index in [1.165, 1.54) is 58.2 Å². The fourth-order valence-electron chi connectivity index (χ4n) is 3.93. The Hall–Kier alpha value is -0.120. The van der Waals surface area contributed by atoms with Crippen molar-refractivity contribution in [1.29, 1.82) is 0 Å². The summed E-state index contributed by atoms with van der Waals surface area (Å²) in [5.74, 6) is 0. The number of rotatable bonds is 8. The van der Waals surface area contributed by atoms with Crippen LogP contribution in [0.2, 0.25) is 0 Å². The third-order valence-electron chi connectivity index (χ3n) is 5.39. The summed E-state index contributed by atoms with van der Waals surface area (Å²) in [5, 5.41) is 0. The van der Waals surface area contributed by atoms with E-state index in [1.54, 1.807) is 0 Å². The fraction of sp³-hybridized carbons (Fsp3) is 1.00. The molecule has 0 atom stereocenters. The molecule has 0 amide bonds. The molecule has 0 aromatic heterocycles. The van der Waals surface area contributed by atoms with E-state index in [0.717, 1.165) is 12.8 Å². The van der Waals surface area contributed by atoms with E-state index in [-0.39, 0.29) is 5.60 Å². The first kappa shape index (κ1) is 21.2. The van der Waals surface area contributed by atoms with Gasteiger partial charge in [-0.15, -0.1) is 0 Å². The molecule has 1 heterocycles. The molecular weight excluding hydrogens is 310 g/mol. The van der Waals surface area contributed by atoms with Crippen LogP contribution in [0.5, 0.6) is 0 Å². The Labute approximate surface area is 156 Å². The molecule has 0 bridgehead atoms. The molecular formula is C22H43NO2. The average Bonchev–Trinajstić information content (AvgIpc) is 2.44. The van der Waals surface area contributed by atoms with Crippen LogP contribution in [0.1, 0.15) is 92.9 Å². The molecule has 0 aromatic carbocycles. The summed E-state index contributed by atoms with van der Waals surface area (Å²) in [6.07, 6.45) is 11.4. The van der Waals surface area contributed by atoms with Gasteiger partial charge in [0.15, 0.2) is 0 Å². The minimum atomic E-state index is -0.0200. The Morgan fingerprint density at radius 3 is 2.00 bits per heavy atom. The molecule has 1 saturated carbocycles. The summed E-state index contributed by atoms with van der Waals surface area (Å²) in [4.78, 5) is 2.64. The van der Waals surface area contributed by atoms with Gasteiger partial charge in [-0.3, -0.25) is 0 Å². The molecule has 2 aliphatic rings. The summed E-state index contributed by atoms with van der Waals surface area (Å²) >= 11 is 0. The molecule has 0 aromatic rings. The number of piperidine rings is 1. The van der Waals surface area contributed by atoms with Crippen molar-refractivity contribution in [2.75, 3.05) is 19.6 Å². The Morgan fingerprint density at radius 2 is 1.44 bits per heavy atom. The Kier molecular flexibility index (Phi) is 7.79. The average molecular weight is 354 g/mol. The number of likely N-dealkylation sites (tertiary alicyclic amines) is 1. The third-order valence-corrected chi connectivity index (χ3v) is 5.39. The van der Waals surface area contributed by atoms with Crippen molar-refractivity contribution in [3.63, 3.8) is 0 Å². The van der Waals surface area contributed by atoms with Crippen LogP contribution in [0, 0.1) is 5.41 Å². The van der Waals surface area contributed by atoms with E-state index in [1.807, 2.05) is 0 Å². The molecule has 0 radical (unpaired) electrons. The zero-order valence-electron chi connectivity index (χ0n) is 17.8. The lowest BCUT2D eigenvalue weighted by Crippen LogP contribution is -2.45. The molecule has 25 heavy (non-hydrogen) atoms. The minimum Gasteiger partial charge on any atom is -0.375 e. The second-order valence-corrected chi connectivity index (χ2v) is 10.5. The van der Waals surface area contributed by atoms with Gasteiger partial charge in [0.2, 0.25) is 0 Å². The lowest BCUT2D eigenvalue weighted by molar-refractivity contribution is -0.167. The van der Waals surface area contributed by atoms with Gasteiger partial charge in [-0.2, -0.15) is 0 Å². The maximum Gasteiger partial charge on any atom is 0.0631 e. The van der Waals surface area contributed by atoms with Gasteiger partial charge >= 0.3 is 0 Å². The van der Waals surface area contributed by atoms with Gasteiger partial charge in [-0.05, 0) is 71.3 Å². The second-order valence-electron chi connectivity index (χ2n) is 10.5. The minimum absolute atomic E-state index is 0.0200. The quantitative estimate of drug-likeness (QED) is 0.544. The van der Waals surface area contributed by atoms with Crippen molar-refractivity contribution >= 4 is 0 Å². The molecule has 3 heteroatoms. The van der Waals surface area contributed by atoms with E-state index in [0.29, 0.717) is 23.7 Å². The van der Waals surface area contributed by atoms with Crippen LogP contribution in [-0.2, 0) is 9.47 Å². The maximum atomic E-state index is 6.29. The zero-order chi connectivity index (χ0) is 18.5. The van der Waals surface area contributed by atoms with E-state index >= 15 is 0 Å². The van der Waals surface area contributed by atoms with Gasteiger partial charge in [0.25, 0.3) is 0 Å². The predicted molar refractivity (Wildman–Crippen MR) is 106 cm³/mol. The smallest absolute Gasteiger partial charge is 0.0631 e. The molecule has 3 nitrogen and oxygen atoms in total. The lowest BCUT2D eigenvalue weighted by Gasteiger charge is -2.42. The summed E-state index contributed by atoms with van der Waals surface area (Å²) in [5.41, 5.74) is 0.474. The molecule has 0 spiro atoms. The summed E-state index contributed by atoms with van der Waals surface area (Å²) < 4.78 is 12.3. The summed E-state index contributed by atoms with van der Waals surface area (Å²) in [6.45, 7) is 17.2. The van der Waals surface area contributed by atoms with Crippen LogP contribution in [0.25, 0.3) is 0 Å². The number of hydrogen-bond donors (Lipinski definition) is 0. The molecule has 0 N–H and O–H groups in total. The Balaban J connectivity index is 1.48. The van der Waals surface area contributed by atoms with Crippen molar-refractivity contribution < 1.29 is 9.47 Å². The molecule has 1 saturated heterocycles. The van der Waals surface area contributed by atoms with Crippen molar-refractivity contribution in [2.24, 2.45) is 5.41 Å². The molecule has 2 fully saturated rings. The lowest BCUT2D eigenvalue weighted by atomic mass is 9.89. The fourth-order valence-corrected chi connectivity index (χ4v) is 3.93. The number of ether oxygens (including phenoxy) is 2. The van der Waals surface area contributed by atoms with Crippen molar-refractivity contribution in [2.45, 2.75) is 117 Å². The highest BCUT2D eigenvalue weighted by Gasteiger charge is 2.35. The van der Waals surface area contributed by atoms with Crippen LogP contribution in [0.4, 0.5) is 0 Å². The van der Waals surface area contributed by atoms with Gasteiger partial charge < -0.3 is 14.4 Å². The van der Waals surface area contributed by atoms with Crippen LogP contribution >= 0.6 is 0 Å². The van der Waals surface area contributed by atoms with Gasteiger partial charge in [0, 0.05) is 13.1 Å². The largest absolute Gasteiger partial charge is 0.375 e. The van der Waals surface area contributed by atoms with E-state index in [9.17, 15) is 0 Å². The topological polar surface area (TPSA) is 21.7 Å². The van der Waals surface area contributed by atoms with Gasteiger partial charge in [0.1, 0.15) is 0 Å². The molecule has 1 aliphatic heterocycles. The Bertz CT molecular complexity index is 368. The normalized spacial score (nSPS) is 26.6. The van der Waals surface area contributed by atoms with Crippen molar-refractivity contribution in [3.8, 4) is 0 Å². The van der Waals surface area contributed by atoms with Crippen molar-refractivity contribution in [1.82, 2.24) is 4.90 Å². The third kappa shape index (κ3) is 8.88. The summed E-state index contributed by atoms with van der Waals surface area (Å²) in [6, 6.07) is 0. The number of hydrogen-bond acceptors (Lipinski definition) is 3. The summed E-state index contributed by atoms with van der Waals surface area (Å²) in [7, 11) is 0. The monoisotopic (exact) mass is 353 g/mol. The SMILES string of the molecule is CC(C)(C)CCCCCN1CCC(OC2CC(OC(C)(C)C)C2)CC1. The van der Waals surface area contributed by atoms with Gasteiger partial charge in [-0.1, -0.05) is 33.6 Å². The Morgan fingerprint density at radius 1 is 0.800 bits per heavy atom. The first-order valence-corrected chi connectivity index (χ1v) is 10.7. The zero-order valence-corrected chi connectivity index (χ0v) is 17.8.